The summed E-state index contributed by atoms with van der Waals surface area (Å²) in [5, 5.41) is 37.6. The number of aliphatic hydroxyl groups excluding tert-OH is 2. The molecule has 0 aliphatic rings. The Balaban J connectivity index is 4.80. The summed E-state index contributed by atoms with van der Waals surface area (Å²) in [4.78, 5) is 18.6. The molecule has 0 saturated carbocycles. The number of aliphatic hydroxyl groups is 2. The molecule has 2 N–H and O–H groups in total. The zero-order valence-electron chi connectivity index (χ0n) is 6.75. The lowest BCUT2D eigenvalue weighted by molar-refractivity contribution is -0.799. The van der Waals surface area contributed by atoms with E-state index in [4.69, 9.17) is 10.2 Å². The highest BCUT2D eigenvalue weighted by Crippen LogP contribution is 2.19. The van der Waals surface area contributed by atoms with Crippen molar-refractivity contribution in [1.82, 2.24) is 0 Å². The zero-order valence-corrected chi connectivity index (χ0v) is 6.75. The molecule has 0 heterocycles. The Morgan fingerprint density at radius 2 is 1.31 bits per heavy atom. The maximum absolute atomic E-state index is 10.4. The highest BCUT2D eigenvalue weighted by Gasteiger charge is 2.54. The van der Waals surface area contributed by atoms with Crippen molar-refractivity contribution in [2.45, 2.75) is 18.5 Å². The van der Waals surface area contributed by atoms with Crippen LogP contribution in [0.15, 0.2) is 0 Å². The van der Waals surface area contributed by atoms with Gasteiger partial charge in [0.25, 0.3) is 0 Å². The van der Waals surface area contributed by atoms with E-state index in [1.807, 2.05) is 0 Å². The first-order valence-corrected chi connectivity index (χ1v) is 3.52. The molecule has 0 spiro atoms. The fraction of sp³-hybridized carbons (Fsp3) is 1.00. The van der Waals surface area contributed by atoms with Crippen LogP contribution in [0, 0.1) is 20.2 Å². The van der Waals surface area contributed by atoms with Crippen LogP contribution in [0.3, 0.4) is 0 Å². The molecule has 0 amide bonds. The average molecular weight is 194 g/mol. The first-order chi connectivity index (χ1) is 6.01. The van der Waals surface area contributed by atoms with Crippen LogP contribution >= 0.6 is 0 Å². The lowest BCUT2D eigenvalue weighted by atomic mass is 10.0. The van der Waals surface area contributed by atoms with Crippen molar-refractivity contribution >= 4 is 0 Å². The molecule has 0 aromatic heterocycles. The SMILES string of the molecule is O=[N+]([O-])C(CCO)(CCO)[N+](=O)[O-]. The van der Waals surface area contributed by atoms with Gasteiger partial charge in [-0.3, -0.25) is 20.2 Å². The van der Waals surface area contributed by atoms with Crippen molar-refractivity contribution in [1.29, 1.82) is 0 Å². The molecule has 0 radical (unpaired) electrons. The van der Waals surface area contributed by atoms with E-state index in [-0.39, 0.29) is 0 Å². The van der Waals surface area contributed by atoms with E-state index < -0.39 is 41.6 Å². The van der Waals surface area contributed by atoms with E-state index in [0.717, 1.165) is 0 Å². The van der Waals surface area contributed by atoms with Gasteiger partial charge in [-0.1, -0.05) is 0 Å². The van der Waals surface area contributed by atoms with Crippen molar-refractivity contribution in [2.24, 2.45) is 0 Å². The van der Waals surface area contributed by atoms with Crippen molar-refractivity contribution in [3.8, 4) is 0 Å². The Kier molecular flexibility index (Phi) is 4.21. The molecule has 0 bridgehead atoms. The number of hydrogen-bond acceptors (Lipinski definition) is 6. The van der Waals surface area contributed by atoms with Gasteiger partial charge in [0.2, 0.25) is 0 Å². The van der Waals surface area contributed by atoms with Gasteiger partial charge < -0.3 is 10.2 Å². The summed E-state index contributed by atoms with van der Waals surface area (Å²) in [5.41, 5.74) is -2.45. The van der Waals surface area contributed by atoms with E-state index in [9.17, 15) is 20.2 Å². The minimum atomic E-state index is -2.45. The highest BCUT2D eigenvalue weighted by atomic mass is 16.7. The molecule has 0 fully saturated rings. The molecule has 0 unspecified atom stereocenters. The van der Waals surface area contributed by atoms with Crippen molar-refractivity contribution < 1.29 is 20.1 Å². The number of hydrogen-bond donors (Lipinski definition) is 2. The number of nitro groups is 2. The topological polar surface area (TPSA) is 127 Å². The molecule has 76 valence electrons. The van der Waals surface area contributed by atoms with Gasteiger partial charge in [0, 0.05) is 0 Å². The van der Waals surface area contributed by atoms with Crippen molar-refractivity contribution in [3.63, 3.8) is 0 Å². The summed E-state index contributed by atoms with van der Waals surface area (Å²) < 4.78 is 0. The van der Waals surface area contributed by atoms with Crippen LogP contribution in [0.5, 0.6) is 0 Å². The van der Waals surface area contributed by atoms with Crippen LogP contribution in [0.25, 0.3) is 0 Å². The molecule has 0 aliphatic carbocycles. The maximum Gasteiger partial charge on any atom is 0.462 e. The predicted molar refractivity (Wildman–Crippen MR) is 40.1 cm³/mol. The van der Waals surface area contributed by atoms with Gasteiger partial charge in [-0.05, 0) is 0 Å². The van der Waals surface area contributed by atoms with Crippen LogP contribution in [0.4, 0.5) is 0 Å². The van der Waals surface area contributed by atoms with Gasteiger partial charge in [0.05, 0.1) is 23.1 Å². The van der Waals surface area contributed by atoms with Gasteiger partial charge in [-0.15, -0.1) is 0 Å². The summed E-state index contributed by atoms with van der Waals surface area (Å²) in [5.74, 6) is 0. The molecule has 0 atom stereocenters. The lowest BCUT2D eigenvalue weighted by Crippen LogP contribution is -2.47. The predicted octanol–water partition coefficient (Wildman–Crippen LogP) is -0.999. The number of rotatable bonds is 6. The van der Waals surface area contributed by atoms with Crippen LogP contribution in [0.1, 0.15) is 12.8 Å². The maximum atomic E-state index is 10.4. The molecule has 8 nitrogen and oxygen atoms in total. The summed E-state index contributed by atoms with van der Waals surface area (Å²) in [6, 6.07) is 0. The largest absolute Gasteiger partial charge is 0.462 e. The van der Waals surface area contributed by atoms with Gasteiger partial charge in [0.1, 0.15) is 12.8 Å². The first-order valence-electron chi connectivity index (χ1n) is 3.52. The Hall–Kier alpha value is -1.28. The summed E-state index contributed by atoms with van der Waals surface area (Å²) in [7, 11) is 0. The van der Waals surface area contributed by atoms with Crippen LogP contribution in [-0.4, -0.2) is 38.9 Å². The molecule has 0 aromatic rings. The zero-order chi connectivity index (χ0) is 10.5. The highest BCUT2D eigenvalue weighted by molar-refractivity contribution is 4.66. The average Bonchev–Trinajstić information content (AvgIpc) is 2.03. The summed E-state index contributed by atoms with van der Waals surface area (Å²) >= 11 is 0. The minimum Gasteiger partial charge on any atom is -0.396 e. The van der Waals surface area contributed by atoms with E-state index in [2.05, 4.69) is 0 Å². The Labute approximate surface area is 73.1 Å². The van der Waals surface area contributed by atoms with Crippen LogP contribution in [-0.2, 0) is 0 Å². The Morgan fingerprint density at radius 1 is 1.00 bits per heavy atom. The Morgan fingerprint density at radius 3 is 1.46 bits per heavy atom. The van der Waals surface area contributed by atoms with E-state index >= 15 is 0 Å². The monoisotopic (exact) mass is 194 g/mol. The quantitative estimate of drug-likeness (QED) is 0.317. The molecule has 8 heteroatoms. The smallest absolute Gasteiger partial charge is 0.396 e. The standard InChI is InChI=1S/C5H10N2O6/c8-3-1-5(2-4-9,6(10)11)7(12)13/h8-9H,1-4H2. The molecule has 0 aliphatic heterocycles. The second-order valence-corrected chi connectivity index (χ2v) is 2.44. The van der Waals surface area contributed by atoms with Crippen LogP contribution in [0.2, 0.25) is 0 Å². The van der Waals surface area contributed by atoms with E-state index in [0.29, 0.717) is 0 Å². The second kappa shape index (κ2) is 4.67. The third kappa shape index (κ3) is 2.33. The molecule has 13 heavy (non-hydrogen) atoms. The molecule has 0 rings (SSSR count). The fourth-order valence-corrected chi connectivity index (χ4v) is 0.915. The third-order valence-electron chi connectivity index (χ3n) is 1.70. The Bertz CT molecular complexity index is 183. The fourth-order valence-electron chi connectivity index (χ4n) is 0.915. The molecular formula is C5H10N2O6. The van der Waals surface area contributed by atoms with Gasteiger partial charge >= 0.3 is 5.66 Å². The van der Waals surface area contributed by atoms with E-state index in [1.165, 1.54) is 0 Å². The minimum absolute atomic E-state index is 0.604. The molecule has 0 saturated heterocycles. The molecule has 0 aromatic carbocycles. The van der Waals surface area contributed by atoms with Crippen molar-refractivity contribution in [2.75, 3.05) is 13.2 Å². The van der Waals surface area contributed by atoms with Crippen LogP contribution < -0.4 is 0 Å². The summed E-state index contributed by atoms with van der Waals surface area (Å²) in [6.07, 6.45) is -1.21. The van der Waals surface area contributed by atoms with E-state index in [1.54, 1.807) is 0 Å². The van der Waals surface area contributed by atoms with Gasteiger partial charge in [-0.2, -0.15) is 0 Å². The summed E-state index contributed by atoms with van der Waals surface area (Å²) in [6.45, 7) is -1.33. The normalized spacial score (nSPS) is 11.2. The second-order valence-electron chi connectivity index (χ2n) is 2.44. The third-order valence-corrected chi connectivity index (χ3v) is 1.70. The van der Waals surface area contributed by atoms with Crippen molar-refractivity contribution in [3.05, 3.63) is 20.2 Å². The van der Waals surface area contributed by atoms with Gasteiger partial charge in [0.15, 0.2) is 0 Å². The number of nitrogens with zero attached hydrogens (tertiary/aromatic N) is 2. The first kappa shape index (κ1) is 11.7. The molecular weight excluding hydrogens is 184 g/mol. The van der Waals surface area contributed by atoms with Gasteiger partial charge in [-0.25, -0.2) is 0 Å². The lowest BCUT2D eigenvalue weighted by Gasteiger charge is -2.14.